The monoisotopic (exact) mass is 204 g/mol. The highest BCUT2D eigenvalue weighted by Gasteiger charge is 2.10. The maximum Gasteiger partial charge on any atom is 0.355 e. The van der Waals surface area contributed by atoms with Crippen molar-refractivity contribution in [1.82, 2.24) is 0 Å². The Morgan fingerprint density at radius 2 is 1.50 bits per heavy atom. The Morgan fingerprint density at radius 1 is 1.00 bits per heavy atom. The third-order valence-corrected chi connectivity index (χ3v) is 3.29. The van der Waals surface area contributed by atoms with E-state index in [0.29, 0.717) is 0 Å². The average Bonchev–Trinajstić information content (AvgIpc) is 2.09. The Bertz CT molecular complexity index is 201. The van der Waals surface area contributed by atoms with Crippen molar-refractivity contribution in [1.29, 1.82) is 0 Å². The van der Waals surface area contributed by atoms with Gasteiger partial charge in [0.1, 0.15) is 0 Å². The van der Waals surface area contributed by atoms with Gasteiger partial charge in [0.15, 0.2) is 0 Å². The third kappa shape index (κ3) is 2.95. The first-order valence-electron chi connectivity index (χ1n) is 3.49. The Kier molecular flexibility index (Phi) is 6.01. The minimum absolute atomic E-state index is 0. The highest BCUT2D eigenvalue weighted by molar-refractivity contribution is 6.61. The molecule has 68 valence electrons. The van der Waals surface area contributed by atoms with Gasteiger partial charge in [-0.05, 0) is 5.19 Å². The van der Waals surface area contributed by atoms with Crippen LogP contribution in [0.5, 0.6) is 0 Å². The molecule has 1 aromatic carbocycles. The van der Waals surface area contributed by atoms with Crippen LogP contribution in [0.4, 0.5) is 0 Å². The van der Waals surface area contributed by atoms with Gasteiger partial charge in [0.25, 0.3) is 0 Å². The normalized spacial score (nSPS) is 9.58. The fourth-order valence-electron chi connectivity index (χ4n) is 0.979. The first-order valence-corrected chi connectivity index (χ1v) is 5.01. The quantitative estimate of drug-likeness (QED) is 0.680. The van der Waals surface area contributed by atoms with Crippen LogP contribution in [0.25, 0.3) is 0 Å². The van der Waals surface area contributed by atoms with Gasteiger partial charge in [-0.1, -0.05) is 30.3 Å². The van der Waals surface area contributed by atoms with Crippen LogP contribution in [-0.4, -0.2) is 23.5 Å². The lowest BCUT2D eigenvalue weighted by Gasteiger charge is -2.09. The van der Waals surface area contributed by atoms with Crippen LogP contribution in [0.1, 0.15) is 0 Å². The first kappa shape index (κ1) is 11.6. The lowest BCUT2D eigenvalue weighted by molar-refractivity contribution is 0.292. The fourth-order valence-corrected chi connectivity index (χ4v) is 2.25. The molecule has 1 rings (SSSR count). The van der Waals surface area contributed by atoms with E-state index in [4.69, 9.17) is 8.85 Å². The zero-order chi connectivity index (χ0) is 8.10. The highest BCUT2D eigenvalue weighted by atomic mass is 35.5. The van der Waals surface area contributed by atoms with Crippen molar-refractivity contribution in [2.45, 2.75) is 0 Å². The zero-order valence-corrected chi connectivity index (χ0v) is 9.16. The van der Waals surface area contributed by atoms with Crippen LogP contribution in [0, 0.1) is 0 Å². The summed E-state index contributed by atoms with van der Waals surface area (Å²) in [6, 6.07) is 10.0. The molecule has 0 spiro atoms. The number of halogens is 1. The standard InChI is InChI=1S/C8H12O2Si.ClH/c1-9-11(10-2)8-6-4-3-5-7-8;/h3-7,11H,1-2H3;1H. The van der Waals surface area contributed by atoms with E-state index in [0.717, 1.165) is 0 Å². The predicted molar refractivity (Wildman–Crippen MR) is 54.5 cm³/mol. The van der Waals surface area contributed by atoms with Crippen LogP contribution in [0.15, 0.2) is 30.3 Å². The SMILES string of the molecule is CO[SiH](OC)c1ccccc1.Cl. The second-order valence-corrected chi connectivity index (χ2v) is 4.49. The summed E-state index contributed by atoms with van der Waals surface area (Å²) in [5.74, 6) is 0. The molecule has 0 aliphatic carbocycles. The molecule has 0 aromatic heterocycles. The summed E-state index contributed by atoms with van der Waals surface area (Å²) in [4.78, 5) is 0. The smallest absolute Gasteiger partial charge is 0.355 e. The summed E-state index contributed by atoms with van der Waals surface area (Å²) in [6.07, 6.45) is 0. The van der Waals surface area contributed by atoms with E-state index in [1.54, 1.807) is 14.2 Å². The van der Waals surface area contributed by atoms with Crippen molar-refractivity contribution in [2.75, 3.05) is 14.2 Å². The van der Waals surface area contributed by atoms with Gasteiger partial charge in [0.2, 0.25) is 0 Å². The van der Waals surface area contributed by atoms with Crippen molar-refractivity contribution in [3.05, 3.63) is 30.3 Å². The first-order chi connectivity index (χ1) is 5.38. The summed E-state index contributed by atoms with van der Waals surface area (Å²) >= 11 is 0. The Hall–Kier alpha value is -0.353. The van der Waals surface area contributed by atoms with Gasteiger partial charge in [0, 0.05) is 14.2 Å². The minimum atomic E-state index is -1.55. The van der Waals surface area contributed by atoms with E-state index < -0.39 is 9.28 Å². The van der Waals surface area contributed by atoms with Gasteiger partial charge in [-0.3, -0.25) is 0 Å². The summed E-state index contributed by atoms with van der Waals surface area (Å²) in [6.45, 7) is 0. The molecule has 0 radical (unpaired) electrons. The minimum Gasteiger partial charge on any atom is -0.397 e. The number of benzene rings is 1. The van der Waals surface area contributed by atoms with Crippen LogP contribution >= 0.6 is 12.4 Å². The van der Waals surface area contributed by atoms with Gasteiger partial charge < -0.3 is 8.85 Å². The molecule has 0 atom stereocenters. The molecule has 1 aromatic rings. The maximum absolute atomic E-state index is 5.20. The Labute approximate surface area is 80.8 Å². The number of hydrogen-bond donors (Lipinski definition) is 0. The number of rotatable bonds is 3. The Balaban J connectivity index is 0.00000121. The molecular weight excluding hydrogens is 192 g/mol. The largest absolute Gasteiger partial charge is 0.397 e. The molecule has 0 bridgehead atoms. The summed E-state index contributed by atoms with van der Waals surface area (Å²) in [7, 11) is 1.83. The molecule has 4 heteroatoms. The van der Waals surface area contributed by atoms with Gasteiger partial charge >= 0.3 is 9.28 Å². The molecule has 0 heterocycles. The van der Waals surface area contributed by atoms with E-state index in [2.05, 4.69) is 0 Å². The van der Waals surface area contributed by atoms with Crippen LogP contribution in [-0.2, 0) is 8.85 Å². The van der Waals surface area contributed by atoms with Gasteiger partial charge in [0.05, 0.1) is 0 Å². The van der Waals surface area contributed by atoms with E-state index in [1.165, 1.54) is 5.19 Å². The summed E-state index contributed by atoms with van der Waals surface area (Å²) in [5.41, 5.74) is 0. The van der Waals surface area contributed by atoms with Crippen molar-refractivity contribution >= 4 is 26.9 Å². The molecule has 0 fully saturated rings. The van der Waals surface area contributed by atoms with E-state index >= 15 is 0 Å². The fraction of sp³-hybridized carbons (Fsp3) is 0.250. The maximum atomic E-state index is 5.20. The van der Waals surface area contributed by atoms with Crippen molar-refractivity contribution in [2.24, 2.45) is 0 Å². The molecule has 2 nitrogen and oxygen atoms in total. The molecule has 0 amide bonds. The lowest BCUT2D eigenvalue weighted by Crippen LogP contribution is -2.34. The van der Waals surface area contributed by atoms with E-state index in [1.807, 2.05) is 30.3 Å². The van der Waals surface area contributed by atoms with E-state index in [-0.39, 0.29) is 12.4 Å². The summed E-state index contributed by atoms with van der Waals surface area (Å²) in [5, 5.41) is 1.18. The van der Waals surface area contributed by atoms with E-state index in [9.17, 15) is 0 Å². The second-order valence-electron chi connectivity index (χ2n) is 2.21. The second kappa shape index (κ2) is 6.19. The van der Waals surface area contributed by atoms with Crippen molar-refractivity contribution in [3.8, 4) is 0 Å². The van der Waals surface area contributed by atoms with Gasteiger partial charge in [-0.2, -0.15) is 0 Å². The van der Waals surface area contributed by atoms with Gasteiger partial charge in [-0.15, -0.1) is 12.4 Å². The average molecular weight is 205 g/mol. The van der Waals surface area contributed by atoms with Crippen LogP contribution in [0.2, 0.25) is 0 Å². The van der Waals surface area contributed by atoms with Crippen LogP contribution in [0.3, 0.4) is 0 Å². The highest BCUT2D eigenvalue weighted by Crippen LogP contribution is 1.89. The Morgan fingerprint density at radius 3 is 1.92 bits per heavy atom. The number of hydrogen-bond acceptors (Lipinski definition) is 2. The van der Waals surface area contributed by atoms with Crippen molar-refractivity contribution in [3.63, 3.8) is 0 Å². The van der Waals surface area contributed by atoms with Crippen LogP contribution < -0.4 is 5.19 Å². The third-order valence-electron chi connectivity index (χ3n) is 1.50. The molecule has 0 aliphatic rings. The molecule has 0 unspecified atom stereocenters. The molecule has 0 saturated heterocycles. The molecule has 12 heavy (non-hydrogen) atoms. The zero-order valence-electron chi connectivity index (χ0n) is 7.19. The topological polar surface area (TPSA) is 18.5 Å². The molecule has 0 saturated carbocycles. The predicted octanol–water partition coefficient (Wildman–Crippen LogP) is 0.829. The summed E-state index contributed by atoms with van der Waals surface area (Å²) < 4.78 is 10.4. The molecular formula is C8H13ClO2Si. The van der Waals surface area contributed by atoms with Crippen molar-refractivity contribution < 1.29 is 8.85 Å². The lowest BCUT2D eigenvalue weighted by atomic mass is 10.4. The molecule has 0 aliphatic heterocycles. The molecule has 0 N–H and O–H groups in total. The van der Waals surface area contributed by atoms with Gasteiger partial charge in [-0.25, -0.2) is 0 Å².